The van der Waals surface area contributed by atoms with Crippen LogP contribution in [0, 0.1) is 17.5 Å². The van der Waals surface area contributed by atoms with Crippen molar-refractivity contribution in [3.05, 3.63) is 70.2 Å². The fourth-order valence-electron chi connectivity index (χ4n) is 4.18. The van der Waals surface area contributed by atoms with Crippen molar-refractivity contribution in [1.29, 1.82) is 0 Å². The molecule has 34 heavy (non-hydrogen) atoms. The number of benzene rings is 1. The van der Waals surface area contributed by atoms with Crippen molar-refractivity contribution in [3.63, 3.8) is 0 Å². The Kier molecular flexibility index (Phi) is 5.96. The number of hydrogen-bond donors (Lipinski definition) is 2. The monoisotopic (exact) mass is 495 g/mol. The van der Waals surface area contributed by atoms with Gasteiger partial charge < -0.3 is 0 Å². The highest BCUT2D eigenvalue weighted by atomic mass is 32.1. The van der Waals surface area contributed by atoms with E-state index in [0.717, 1.165) is 53.2 Å². The molecule has 0 saturated heterocycles. The number of nitrogens with one attached hydrogen (secondary N) is 2. The van der Waals surface area contributed by atoms with Crippen molar-refractivity contribution in [2.24, 2.45) is 0 Å². The topological polar surface area (TPSA) is 93.4 Å². The third-order valence-corrected chi connectivity index (χ3v) is 7.14. The number of aromatic nitrogens is 6. The summed E-state index contributed by atoms with van der Waals surface area (Å²) in [4.78, 5) is 18.6. The predicted molar refractivity (Wildman–Crippen MR) is 132 cm³/mol. The number of carbonyl (C=O) groups is 1. The highest BCUT2D eigenvalue weighted by Crippen LogP contribution is 2.33. The Bertz CT molecular complexity index is 1450. The summed E-state index contributed by atoms with van der Waals surface area (Å²) >= 11 is 6.64. The first kappa shape index (κ1) is 22.4. The lowest BCUT2D eigenvalue weighted by atomic mass is 9.95. The van der Waals surface area contributed by atoms with E-state index in [1.165, 1.54) is 23.5 Å². The number of H-pyrrole nitrogens is 1. The van der Waals surface area contributed by atoms with Crippen molar-refractivity contribution >= 4 is 34.6 Å². The highest BCUT2D eigenvalue weighted by molar-refractivity contribution is 7.71. The molecule has 0 saturated carbocycles. The summed E-state index contributed by atoms with van der Waals surface area (Å²) in [5, 5.41) is 15.1. The molecule has 0 radical (unpaired) electrons. The van der Waals surface area contributed by atoms with E-state index >= 15 is 0 Å². The van der Waals surface area contributed by atoms with Gasteiger partial charge in [-0.3, -0.25) is 19.8 Å². The molecule has 0 aliphatic heterocycles. The van der Waals surface area contributed by atoms with Crippen LogP contribution in [0.2, 0.25) is 0 Å². The van der Waals surface area contributed by atoms with Gasteiger partial charge in [-0.1, -0.05) is 17.4 Å². The Morgan fingerprint density at radius 2 is 2.09 bits per heavy atom. The second-order valence-electron chi connectivity index (χ2n) is 8.01. The fourth-order valence-corrected chi connectivity index (χ4v) is 5.35. The third kappa shape index (κ3) is 4.01. The van der Waals surface area contributed by atoms with Gasteiger partial charge in [-0.2, -0.15) is 10.2 Å². The zero-order valence-electron chi connectivity index (χ0n) is 18.5. The zero-order valence-corrected chi connectivity index (χ0v) is 20.1. The minimum atomic E-state index is -0.315. The number of thiazole rings is 1. The largest absolute Gasteiger partial charge is 0.296 e. The van der Waals surface area contributed by atoms with Crippen LogP contribution in [0.25, 0.3) is 16.4 Å². The maximum atomic E-state index is 13.4. The number of allylic oxidation sites excluding steroid dienone is 1. The van der Waals surface area contributed by atoms with Gasteiger partial charge in [0.05, 0.1) is 16.3 Å². The highest BCUT2D eigenvalue weighted by Gasteiger charge is 2.27. The van der Waals surface area contributed by atoms with E-state index in [9.17, 15) is 9.18 Å². The van der Waals surface area contributed by atoms with Crippen LogP contribution in [-0.4, -0.2) is 35.4 Å². The third-order valence-electron chi connectivity index (χ3n) is 5.76. The summed E-state index contributed by atoms with van der Waals surface area (Å²) in [6.45, 7) is 6.14. The Morgan fingerprint density at radius 1 is 1.32 bits per heavy atom. The van der Waals surface area contributed by atoms with E-state index < -0.39 is 0 Å². The molecule has 5 rings (SSSR count). The summed E-state index contributed by atoms with van der Waals surface area (Å²) in [6.07, 6.45) is 5.36. The van der Waals surface area contributed by atoms with E-state index in [0.29, 0.717) is 28.0 Å². The number of halogens is 1. The molecule has 4 aromatic rings. The normalized spacial score (nSPS) is 13.0. The Morgan fingerprint density at radius 3 is 2.85 bits per heavy atom. The minimum absolute atomic E-state index is 0.313. The molecule has 174 valence electrons. The lowest BCUT2D eigenvalue weighted by Crippen LogP contribution is -2.15. The Hall–Kier alpha value is -3.44. The molecular formula is C23H22FN7OS2. The molecule has 2 N–H and O–H groups in total. The standard InChI is InChI=1S/C23H22FN7OS2/c1-3-12-30-20(27-28-23(30)33)19-13(2)25-22(34-19)26-21(32)18-16-6-4-5-7-17(16)31(29-18)15-10-8-14(24)9-11-15/h3,8-11H,1,4-7,12H2,2H3,(H,28,33)(H,25,26,32). The van der Waals surface area contributed by atoms with Crippen molar-refractivity contribution in [2.75, 3.05) is 5.32 Å². The van der Waals surface area contributed by atoms with Crippen LogP contribution in [-0.2, 0) is 19.4 Å². The van der Waals surface area contributed by atoms with Gasteiger partial charge in [-0.25, -0.2) is 14.1 Å². The van der Waals surface area contributed by atoms with Crippen LogP contribution >= 0.6 is 23.6 Å². The van der Waals surface area contributed by atoms with Crippen molar-refractivity contribution in [1.82, 2.24) is 29.5 Å². The van der Waals surface area contributed by atoms with Gasteiger partial charge in [0.2, 0.25) is 0 Å². The molecule has 11 heteroatoms. The summed E-state index contributed by atoms with van der Waals surface area (Å²) in [5.74, 6) is 0.0230. The molecule has 0 atom stereocenters. The molecule has 0 fully saturated rings. The first-order chi connectivity index (χ1) is 16.5. The minimum Gasteiger partial charge on any atom is -0.296 e. The lowest BCUT2D eigenvalue weighted by molar-refractivity contribution is 0.102. The van der Waals surface area contributed by atoms with Gasteiger partial charge in [0.1, 0.15) is 5.82 Å². The molecule has 3 aromatic heterocycles. The van der Waals surface area contributed by atoms with E-state index in [1.54, 1.807) is 22.9 Å². The van der Waals surface area contributed by atoms with Crippen LogP contribution < -0.4 is 5.32 Å². The van der Waals surface area contributed by atoms with Crippen LogP contribution in [0.4, 0.5) is 9.52 Å². The number of aromatic amines is 1. The van der Waals surface area contributed by atoms with Gasteiger partial charge in [0.15, 0.2) is 21.4 Å². The van der Waals surface area contributed by atoms with Gasteiger partial charge >= 0.3 is 0 Å². The predicted octanol–water partition coefficient (Wildman–Crippen LogP) is 5.01. The lowest BCUT2D eigenvalue weighted by Gasteiger charge is -2.14. The van der Waals surface area contributed by atoms with Crippen molar-refractivity contribution in [3.8, 4) is 16.4 Å². The van der Waals surface area contributed by atoms with E-state index in [4.69, 9.17) is 12.2 Å². The average molecular weight is 496 g/mol. The van der Waals surface area contributed by atoms with E-state index in [-0.39, 0.29) is 11.7 Å². The summed E-state index contributed by atoms with van der Waals surface area (Å²) in [7, 11) is 0. The molecule has 8 nitrogen and oxygen atoms in total. The molecule has 0 bridgehead atoms. The van der Waals surface area contributed by atoms with Crippen molar-refractivity contribution in [2.45, 2.75) is 39.2 Å². The fraction of sp³-hybridized carbons (Fsp3) is 0.261. The molecule has 1 aromatic carbocycles. The number of aryl methyl sites for hydroxylation is 1. The first-order valence-electron chi connectivity index (χ1n) is 10.9. The zero-order chi connectivity index (χ0) is 23.8. The second-order valence-corrected chi connectivity index (χ2v) is 9.39. The molecular weight excluding hydrogens is 473 g/mol. The number of anilines is 1. The molecule has 1 aliphatic carbocycles. The van der Waals surface area contributed by atoms with Crippen LogP contribution in [0.3, 0.4) is 0 Å². The maximum Gasteiger partial charge on any atom is 0.278 e. The van der Waals surface area contributed by atoms with Crippen molar-refractivity contribution < 1.29 is 9.18 Å². The molecule has 3 heterocycles. The second kappa shape index (κ2) is 9.07. The smallest absolute Gasteiger partial charge is 0.278 e. The first-order valence-corrected chi connectivity index (χ1v) is 12.1. The molecule has 1 amide bonds. The average Bonchev–Trinajstić information content (AvgIpc) is 3.50. The van der Waals surface area contributed by atoms with Gasteiger partial charge in [-0.05, 0) is 69.1 Å². The number of fused-ring (bicyclic) bond motifs is 1. The molecule has 1 aliphatic rings. The Balaban J connectivity index is 1.47. The molecule has 0 unspecified atom stereocenters. The Labute approximate surface area is 204 Å². The number of hydrogen-bond acceptors (Lipinski definition) is 6. The van der Waals surface area contributed by atoms with E-state index in [2.05, 4.69) is 32.2 Å². The summed E-state index contributed by atoms with van der Waals surface area (Å²) in [5.41, 5.74) is 3.78. The van der Waals surface area contributed by atoms with Gasteiger partial charge in [0, 0.05) is 17.8 Å². The summed E-state index contributed by atoms with van der Waals surface area (Å²) in [6, 6.07) is 6.14. The SMILES string of the molecule is C=CCn1c(-c2sc(NC(=O)c3nn(-c4ccc(F)cc4)c4c3CCCC4)nc2C)n[nH]c1=S. The van der Waals surface area contributed by atoms with Crippen LogP contribution in [0.5, 0.6) is 0 Å². The summed E-state index contributed by atoms with van der Waals surface area (Å²) < 4.78 is 17.5. The number of amides is 1. The van der Waals surface area contributed by atoms with E-state index in [1.807, 2.05) is 11.5 Å². The van der Waals surface area contributed by atoms with Gasteiger partial charge in [-0.15, -0.1) is 6.58 Å². The van der Waals surface area contributed by atoms with Crippen LogP contribution in [0.15, 0.2) is 36.9 Å². The molecule has 0 spiro atoms. The maximum absolute atomic E-state index is 13.4. The number of rotatable bonds is 6. The van der Waals surface area contributed by atoms with Crippen LogP contribution in [0.1, 0.15) is 40.3 Å². The van der Waals surface area contributed by atoms with Gasteiger partial charge in [0.25, 0.3) is 5.91 Å². The quantitative estimate of drug-likeness (QED) is 0.290. The number of carbonyl (C=O) groups excluding carboxylic acids is 1. The number of nitrogens with zero attached hydrogens (tertiary/aromatic N) is 5.